The van der Waals surface area contributed by atoms with Crippen LogP contribution in [-0.2, 0) is 0 Å². The molecule has 0 bridgehead atoms. The molecule has 0 aliphatic rings. The lowest BCUT2D eigenvalue weighted by Crippen LogP contribution is -2.23. The van der Waals surface area contributed by atoms with E-state index in [0.717, 1.165) is 31.1 Å². The van der Waals surface area contributed by atoms with Gasteiger partial charge in [-0.25, -0.2) is 0 Å². The maximum Gasteiger partial charge on any atom is 0.123 e. The Bertz CT molecular complexity index is 336. The summed E-state index contributed by atoms with van der Waals surface area (Å²) >= 11 is 0. The van der Waals surface area contributed by atoms with Gasteiger partial charge in [0, 0.05) is 11.6 Å². The van der Waals surface area contributed by atoms with Gasteiger partial charge in [0.05, 0.1) is 7.11 Å². The first-order valence-corrected chi connectivity index (χ1v) is 7.05. The summed E-state index contributed by atoms with van der Waals surface area (Å²) < 4.78 is 5.47. The highest BCUT2D eigenvalue weighted by atomic mass is 16.5. The molecule has 1 N–H and O–H groups in total. The van der Waals surface area contributed by atoms with Gasteiger partial charge in [0.25, 0.3) is 0 Å². The van der Waals surface area contributed by atoms with Crippen molar-refractivity contribution in [1.29, 1.82) is 0 Å². The summed E-state index contributed by atoms with van der Waals surface area (Å²) in [6.07, 6.45) is 3.56. The normalized spacial score (nSPS) is 12.7. The van der Waals surface area contributed by atoms with Gasteiger partial charge >= 0.3 is 0 Å². The molecular formula is C16H27NO. The van der Waals surface area contributed by atoms with Crippen LogP contribution < -0.4 is 10.1 Å². The van der Waals surface area contributed by atoms with Crippen LogP contribution in [0.5, 0.6) is 5.75 Å². The van der Waals surface area contributed by atoms with E-state index >= 15 is 0 Å². The summed E-state index contributed by atoms with van der Waals surface area (Å²) in [5.41, 5.74) is 1.29. The minimum absolute atomic E-state index is 0.406. The lowest BCUT2D eigenvalue weighted by molar-refractivity contribution is 0.386. The fraction of sp³-hybridized carbons (Fsp3) is 0.625. The van der Waals surface area contributed by atoms with Gasteiger partial charge in [-0.05, 0) is 37.8 Å². The molecule has 2 nitrogen and oxygen atoms in total. The first-order valence-electron chi connectivity index (χ1n) is 7.05. The van der Waals surface area contributed by atoms with Crippen LogP contribution in [0.1, 0.15) is 51.6 Å². The molecule has 1 aromatic rings. The fourth-order valence-corrected chi connectivity index (χ4v) is 2.14. The topological polar surface area (TPSA) is 21.3 Å². The van der Waals surface area contributed by atoms with Crippen LogP contribution in [0.2, 0.25) is 0 Å². The molecule has 0 aromatic heterocycles. The summed E-state index contributed by atoms with van der Waals surface area (Å²) in [5.74, 6) is 1.74. The number of benzene rings is 1. The van der Waals surface area contributed by atoms with E-state index in [2.05, 4.69) is 38.2 Å². The van der Waals surface area contributed by atoms with Gasteiger partial charge in [-0.15, -0.1) is 0 Å². The largest absolute Gasteiger partial charge is 0.496 e. The molecule has 0 aliphatic carbocycles. The standard InChI is InChI=1S/C16H27NO/c1-5-12-17-15(11-10-13(2)3)14-8-6-7-9-16(14)18-4/h6-9,13,15,17H,5,10-12H2,1-4H3. The maximum atomic E-state index is 5.47. The van der Waals surface area contributed by atoms with Crippen LogP contribution in [-0.4, -0.2) is 13.7 Å². The number of nitrogens with one attached hydrogen (secondary N) is 1. The fourth-order valence-electron chi connectivity index (χ4n) is 2.14. The van der Waals surface area contributed by atoms with Gasteiger partial charge in [-0.2, -0.15) is 0 Å². The molecule has 0 saturated carbocycles. The van der Waals surface area contributed by atoms with Gasteiger partial charge in [-0.1, -0.05) is 39.0 Å². The molecule has 0 aliphatic heterocycles. The maximum absolute atomic E-state index is 5.47. The van der Waals surface area contributed by atoms with Crippen molar-refractivity contribution in [3.63, 3.8) is 0 Å². The summed E-state index contributed by atoms with van der Waals surface area (Å²) in [6.45, 7) is 7.81. The molecule has 0 spiro atoms. The Morgan fingerprint density at radius 3 is 2.50 bits per heavy atom. The van der Waals surface area contributed by atoms with Crippen LogP contribution in [0.15, 0.2) is 24.3 Å². The Labute approximate surface area is 112 Å². The third kappa shape index (κ3) is 4.69. The van der Waals surface area contributed by atoms with Crippen molar-refractivity contribution in [2.24, 2.45) is 5.92 Å². The first-order chi connectivity index (χ1) is 8.69. The lowest BCUT2D eigenvalue weighted by Gasteiger charge is -2.22. The van der Waals surface area contributed by atoms with Crippen LogP contribution in [0.4, 0.5) is 0 Å². The number of para-hydroxylation sites is 1. The Kier molecular flexibility index (Phi) is 6.81. The smallest absolute Gasteiger partial charge is 0.123 e. The van der Waals surface area contributed by atoms with Gasteiger partial charge in [0.15, 0.2) is 0 Å². The number of ether oxygens (including phenoxy) is 1. The summed E-state index contributed by atoms with van der Waals surface area (Å²) in [6, 6.07) is 8.75. The molecular weight excluding hydrogens is 222 g/mol. The number of rotatable bonds is 8. The number of hydrogen-bond donors (Lipinski definition) is 1. The van der Waals surface area contributed by atoms with E-state index in [9.17, 15) is 0 Å². The number of methoxy groups -OCH3 is 1. The van der Waals surface area contributed by atoms with Crippen molar-refractivity contribution in [3.8, 4) is 5.75 Å². The molecule has 0 saturated heterocycles. The third-order valence-electron chi connectivity index (χ3n) is 3.19. The highest BCUT2D eigenvalue weighted by Gasteiger charge is 2.15. The molecule has 0 amide bonds. The van der Waals surface area contributed by atoms with Crippen molar-refractivity contribution < 1.29 is 4.74 Å². The lowest BCUT2D eigenvalue weighted by atomic mass is 9.97. The minimum atomic E-state index is 0.406. The molecule has 1 rings (SSSR count). The Balaban J connectivity index is 2.79. The molecule has 1 unspecified atom stereocenters. The van der Waals surface area contributed by atoms with E-state index in [4.69, 9.17) is 4.74 Å². The van der Waals surface area contributed by atoms with Crippen molar-refractivity contribution in [3.05, 3.63) is 29.8 Å². The van der Waals surface area contributed by atoms with E-state index in [1.54, 1.807) is 7.11 Å². The van der Waals surface area contributed by atoms with Crippen LogP contribution in [0, 0.1) is 5.92 Å². The molecule has 18 heavy (non-hydrogen) atoms. The highest BCUT2D eigenvalue weighted by Crippen LogP contribution is 2.28. The average Bonchev–Trinajstić information content (AvgIpc) is 2.38. The second kappa shape index (κ2) is 8.15. The zero-order valence-electron chi connectivity index (χ0n) is 12.2. The van der Waals surface area contributed by atoms with Gasteiger partial charge < -0.3 is 10.1 Å². The van der Waals surface area contributed by atoms with Crippen molar-refractivity contribution in [2.45, 2.75) is 46.1 Å². The summed E-state index contributed by atoms with van der Waals surface area (Å²) in [7, 11) is 1.75. The molecule has 1 aromatic carbocycles. The molecule has 1 atom stereocenters. The Hall–Kier alpha value is -1.02. The summed E-state index contributed by atoms with van der Waals surface area (Å²) in [4.78, 5) is 0. The second-order valence-electron chi connectivity index (χ2n) is 5.22. The SMILES string of the molecule is CCCNC(CCC(C)C)c1ccccc1OC. The first kappa shape index (κ1) is 15.0. The number of hydrogen-bond acceptors (Lipinski definition) is 2. The Morgan fingerprint density at radius 1 is 1.17 bits per heavy atom. The van der Waals surface area contributed by atoms with E-state index in [1.165, 1.54) is 12.0 Å². The minimum Gasteiger partial charge on any atom is -0.496 e. The van der Waals surface area contributed by atoms with Crippen molar-refractivity contribution >= 4 is 0 Å². The van der Waals surface area contributed by atoms with Crippen molar-refractivity contribution in [1.82, 2.24) is 5.32 Å². The highest BCUT2D eigenvalue weighted by molar-refractivity contribution is 5.35. The van der Waals surface area contributed by atoms with E-state index < -0.39 is 0 Å². The van der Waals surface area contributed by atoms with E-state index in [0.29, 0.717) is 6.04 Å². The molecule has 0 heterocycles. The molecule has 2 heteroatoms. The zero-order chi connectivity index (χ0) is 13.4. The quantitative estimate of drug-likeness (QED) is 0.746. The van der Waals surface area contributed by atoms with Gasteiger partial charge in [0.2, 0.25) is 0 Å². The van der Waals surface area contributed by atoms with Gasteiger partial charge in [0.1, 0.15) is 5.75 Å². The molecule has 0 radical (unpaired) electrons. The van der Waals surface area contributed by atoms with Crippen LogP contribution in [0.3, 0.4) is 0 Å². The van der Waals surface area contributed by atoms with E-state index in [1.807, 2.05) is 12.1 Å². The molecule has 102 valence electrons. The predicted molar refractivity (Wildman–Crippen MR) is 78.1 cm³/mol. The molecule has 0 fully saturated rings. The zero-order valence-corrected chi connectivity index (χ0v) is 12.2. The second-order valence-corrected chi connectivity index (χ2v) is 5.22. The third-order valence-corrected chi connectivity index (χ3v) is 3.19. The van der Waals surface area contributed by atoms with E-state index in [-0.39, 0.29) is 0 Å². The monoisotopic (exact) mass is 249 g/mol. The van der Waals surface area contributed by atoms with Gasteiger partial charge in [-0.3, -0.25) is 0 Å². The average molecular weight is 249 g/mol. The Morgan fingerprint density at radius 2 is 1.89 bits per heavy atom. The van der Waals surface area contributed by atoms with Crippen LogP contribution >= 0.6 is 0 Å². The predicted octanol–water partition coefficient (Wildman–Crippen LogP) is 4.17. The van der Waals surface area contributed by atoms with Crippen LogP contribution in [0.25, 0.3) is 0 Å². The summed E-state index contributed by atoms with van der Waals surface area (Å²) in [5, 5.41) is 3.64. The van der Waals surface area contributed by atoms with Crippen molar-refractivity contribution in [2.75, 3.05) is 13.7 Å².